The van der Waals surface area contributed by atoms with Gasteiger partial charge in [-0.15, -0.1) is 0 Å². The van der Waals surface area contributed by atoms with Crippen LogP contribution in [-0.2, 0) is 4.79 Å². The quantitative estimate of drug-likeness (QED) is 0.753. The number of piperazine rings is 1. The Morgan fingerprint density at radius 2 is 1.84 bits per heavy atom. The highest BCUT2D eigenvalue weighted by atomic mass is 16.5. The molecular formula is C22H31N7O2. The summed E-state index contributed by atoms with van der Waals surface area (Å²) in [6.45, 7) is 6.53. The number of hydrogen-bond acceptors (Lipinski definition) is 8. The van der Waals surface area contributed by atoms with Crippen molar-refractivity contribution < 1.29 is 9.53 Å². The van der Waals surface area contributed by atoms with Crippen LogP contribution >= 0.6 is 0 Å². The van der Waals surface area contributed by atoms with Crippen molar-refractivity contribution in [1.29, 1.82) is 0 Å². The maximum Gasteiger partial charge on any atom is 0.317 e. The zero-order valence-corrected chi connectivity index (χ0v) is 18.4. The number of anilines is 2. The number of amides is 1. The second kappa shape index (κ2) is 9.89. The maximum absolute atomic E-state index is 12.5. The first-order chi connectivity index (χ1) is 15.1. The average molecular weight is 426 g/mol. The minimum absolute atomic E-state index is 0.0501. The van der Waals surface area contributed by atoms with Crippen molar-refractivity contribution in [1.82, 2.24) is 24.8 Å². The first kappa shape index (κ1) is 21.3. The van der Waals surface area contributed by atoms with Crippen molar-refractivity contribution in [3.8, 4) is 6.01 Å². The van der Waals surface area contributed by atoms with Crippen LogP contribution in [0.1, 0.15) is 43.5 Å². The molecule has 1 saturated heterocycles. The molecule has 0 unspecified atom stereocenters. The van der Waals surface area contributed by atoms with Gasteiger partial charge in [0.15, 0.2) is 6.61 Å². The van der Waals surface area contributed by atoms with Crippen molar-refractivity contribution in [2.24, 2.45) is 0 Å². The van der Waals surface area contributed by atoms with Crippen LogP contribution in [0.2, 0.25) is 0 Å². The number of nitrogens with one attached hydrogen (secondary N) is 1. The Labute approximate surface area is 183 Å². The van der Waals surface area contributed by atoms with Crippen LogP contribution in [0.4, 0.5) is 11.8 Å². The summed E-state index contributed by atoms with van der Waals surface area (Å²) in [7, 11) is 0. The van der Waals surface area contributed by atoms with Crippen molar-refractivity contribution in [3.05, 3.63) is 29.7 Å². The second-order valence-electron chi connectivity index (χ2n) is 8.31. The van der Waals surface area contributed by atoms with Crippen LogP contribution in [0.15, 0.2) is 18.3 Å². The molecule has 0 radical (unpaired) electrons. The summed E-state index contributed by atoms with van der Waals surface area (Å²) in [5.41, 5.74) is 1.76. The maximum atomic E-state index is 12.5. The lowest BCUT2D eigenvalue weighted by molar-refractivity contribution is -0.133. The molecule has 1 N–H and O–H groups in total. The van der Waals surface area contributed by atoms with Crippen molar-refractivity contribution >= 4 is 17.7 Å². The van der Waals surface area contributed by atoms with Gasteiger partial charge in [-0.3, -0.25) is 4.79 Å². The second-order valence-corrected chi connectivity index (χ2v) is 8.31. The first-order valence-corrected chi connectivity index (χ1v) is 11.1. The highest BCUT2D eigenvalue weighted by Crippen LogP contribution is 2.22. The Balaban J connectivity index is 1.30. The van der Waals surface area contributed by atoms with Crippen LogP contribution in [-0.4, -0.2) is 69.6 Å². The molecule has 0 atom stereocenters. The monoisotopic (exact) mass is 425 g/mol. The average Bonchev–Trinajstić information content (AvgIpc) is 2.78. The van der Waals surface area contributed by atoms with Gasteiger partial charge in [0.2, 0.25) is 5.95 Å². The van der Waals surface area contributed by atoms with E-state index < -0.39 is 0 Å². The van der Waals surface area contributed by atoms with Crippen molar-refractivity contribution in [2.75, 3.05) is 43.0 Å². The topological polar surface area (TPSA) is 96.4 Å². The van der Waals surface area contributed by atoms with E-state index in [0.29, 0.717) is 25.1 Å². The molecule has 2 aromatic heterocycles. The van der Waals surface area contributed by atoms with Crippen LogP contribution in [0.3, 0.4) is 0 Å². The molecule has 2 aliphatic rings. The summed E-state index contributed by atoms with van der Waals surface area (Å²) in [5, 5.41) is 3.52. The fourth-order valence-electron chi connectivity index (χ4n) is 4.11. The highest BCUT2D eigenvalue weighted by molar-refractivity contribution is 5.78. The molecule has 0 bridgehead atoms. The van der Waals surface area contributed by atoms with Gasteiger partial charge in [-0.2, -0.15) is 4.98 Å². The van der Waals surface area contributed by atoms with Gasteiger partial charge in [0, 0.05) is 55.9 Å². The van der Waals surface area contributed by atoms with E-state index in [9.17, 15) is 4.79 Å². The molecule has 2 aromatic rings. The third-order valence-electron chi connectivity index (χ3n) is 5.83. The molecule has 1 amide bonds. The minimum atomic E-state index is -0.0525. The predicted molar refractivity (Wildman–Crippen MR) is 118 cm³/mol. The molecule has 2 fully saturated rings. The van der Waals surface area contributed by atoms with Gasteiger partial charge in [0.05, 0.1) is 0 Å². The Morgan fingerprint density at radius 1 is 1.06 bits per heavy atom. The van der Waals surface area contributed by atoms with E-state index in [1.54, 1.807) is 12.3 Å². The standard InChI is InChI=1S/C22H31N7O2/c1-16-8-9-23-22(25-16)31-15-20(30)29-12-10-28(11-13-29)19-14-17(2)24-21(27-19)26-18-6-4-3-5-7-18/h8-9,14,18H,3-7,10-13,15H2,1-2H3,(H,24,26,27). The minimum Gasteiger partial charge on any atom is -0.453 e. The van der Waals surface area contributed by atoms with Crippen molar-refractivity contribution in [2.45, 2.75) is 52.0 Å². The fourth-order valence-corrected chi connectivity index (χ4v) is 4.11. The highest BCUT2D eigenvalue weighted by Gasteiger charge is 2.23. The lowest BCUT2D eigenvalue weighted by Gasteiger charge is -2.35. The molecule has 9 heteroatoms. The van der Waals surface area contributed by atoms with E-state index >= 15 is 0 Å². The van der Waals surface area contributed by atoms with Crippen LogP contribution in [0.5, 0.6) is 6.01 Å². The summed E-state index contributed by atoms with van der Waals surface area (Å²) < 4.78 is 5.46. The molecule has 166 valence electrons. The van der Waals surface area contributed by atoms with Gasteiger partial charge in [-0.25, -0.2) is 15.0 Å². The predicted octanol–water partition coefficient (Wildman–Crippen LogP) is 2.36. The molecule has 1 aliphatic heterocycles. The molecule has 9 nitrogen and oxygen atoms in total. The van der Waals surface area contributed by atoms with Gasteiger partial charge in [0.25, 0.3) is 5.91 Å². The third kappa shape index (κ3) is 5.80. The lowest BCUT2D eigenvalue weighted by atomic mass is 9.96. The number of rotatable bonds is 6. The van der Waals surface area contributed by atoms with Gasteiger partial charge in [0.1, 0.15) is 5.82 Å². The summed E-state index contributed by atoms with van der Waals surface area (Å²) in [4.78, 5) is 34.1. The molecular weight excluding hydrogens is 394 g/mol. The van der Waals surface area contributed by atoms with Crippen LogP contribution in [0, 0.1) is 13.8 Å². The van der Waals surface area contributed by atoms with E-state index in [4.69, 9.17) is 9.72 Å². The number of aryl methyl sites for hydroxylation is 2. The van der Waals surface area contributed by atoms with Gasteiger partial charge in [-0.1, -0.05) is 19.3 Å². The molecule has 4 rings (SSSR count). The number of ether oxygens (including phenoxy) is 1. The summed E-state index contributed by atoms with van der Waals surface area (Å²) in [6.07, 6.45) is 7.86. The Hall–Kier alpha value is -2.97. The Bertz CT molecular complexity index is 893. The SMILES string of the molecule is Cc1cc(N2CCN(C(=O)COc3nccc(C)n3)CC2)nc(NC2CCCCC2)n1. The van der Waals surface area contributed by atoms with E-state index in [1.807, 2.05) is 24.8 Å². The largest absolute Gasteiger partial charge is 0.453 e. The van der Waals surface area contributed by atoms with Crippen molar-refractivity contribution in [3.63, 3.8) is 0 Å². The lowest BCUT2D eigenvalue weighted by Crippen LogP contribution is -2.50. The zero-order chi connectivity index (χ0) is 21.6. The van der Waals surface area contributed by atoms with Gasteiger partial charge < -0.3 is 19.9 Å². The van der Waals surface area contributed by atoms with Crippen LogP contribution < -0.4 is 15.0 Å². The van der Waals surface area contributed by atoms with Gasteiger partial charge >= 0.3 is 6.01 Å². The van der Waals surface area contributed by atoms with Crippen LogP contribution in [0.25, 0.3) is 0 Å². The van der Waals surface area contributed by atoms with E-state index in [0.717, 1.165) is 30.3 Å². The molecule has 31 heavy (non-hydrogen) atoms. The van der Waals surface area contributed by atoms with Gasteiger partial charge in [-0.05, 0) is 32.8 Å². The smallest absolute Gasteiger partial charge is 0.317 e. The van der Waals surface area contributed by atoms with E-state index in [-0.39, 0.29) is 18.5 Å². The first-order valence-electron chi connectivity index (χ1n) is 11.1. The Kier molecular flexibility index (Phi) is 6.79. The number of carbonyl (C=O) groups excluding carboxylic acids is 1. The summed E-state index contributed by atoms with van der Waals surface area (Å²) in [5.74, 6) is 1.58. The number of nitrogens with zero attached hydrogens (tertiary/aromatic N) is 6. The summed E-state index contributed by atoms with van der Waals surface area (Å²) >= 11 is 0. The normalized spacial score (nSPS) is 17.5. The number of hydrogen-bond donors (Lipinski definition) is 1. The molecule has 1 aliphatic carbocycles. The van der Waals surface area contributed by atoms with E-state index in [2.05, 4.69) is 25.2 Å². The van der Waals surface area contributed by atoms with E-state index in [1.165, 1.54) is 32.1 Å². The fraction of sp³-hybridized carbons (Fsp3) is 0.591. The summed E-state index contributed by atoms with van der Waals surface area (Å²) in [6, 6.07) is 4.51. The third-order valence-corrected chi connectivity index (χ3v) is 5.83. The zero-order valence-electron chi connectivity index (χ0n) is 18.4. The molecule has 1 saturated carbocycles. The Morgan fingerprint density at radius 3 is 2.58 bits per heavy atom. The number of carbonyl (C=O) groups is 1. The molecule has 0 spiro atoms. The molecule has 0 aromatic carbocycles. The molecule has 3 heterocycles. The number of aromatic nitrogens is 4.